The molecule has 178 valence electrons. The highest BCUT2D eigenvalue weighted by Gasteiger charge is 2.60. The molecule has 0 spiro atoms. The van der Waals surface area contributed by atoms with Gasteiger partial charge in [0, 0.05) is 11.5 Å². The molecule has 36 heavy (non-hydrogen) atoms. The normalized spacial score (nSPS) is 16.2. The number of benzene rings is 3. The highest BCUT2D eigenvalue weighted by Crippen LogP contribution is 2.58. The molecule has 6 heteroatoms. The van der Waals surface area contributed by atoms with E-state index in [1.165, 1.54) is 24.6 Å². The zero-order chi connectivity index (χ0) is 24.8. The summed E-state index contributed by atoms with van der Waals surface area (Å²) in [5.74, 6) is 0.0505. The molecule has 0 aliphatic heterocycles. The van der Waals surface area contributed by atoms with Crippen molar-refractivity contribution in [2.45, 2.75) is 11.8 Å². The topological polar surface area (TPSA) is 80.9 Å². The zero-order valence-corrected chi connectivity index (χ0v) is 19.4. The highest BCUT2D eigenvalue weighted by molar-refractivity contribution is 5.89. The molecule has 0 bridgehead atoms. The smallest absolute Gasteiger partial charge is 0.336 e. The van der Waals surface area contributed by atoms with E-state index in [0.29, 0.717) is 17.1 Å². The molecular weight excluding hydrogens is 452 g/mol. The van der Waals surface area contributed by atoms with Crippen molar-refractivity contribution in [3.63, 3.8) is 0 Å². The number of rotatable bonds is 8. The number of ether oxygens (including phenoxy) is 1. The molecule has 3 aromatic carbocycles. The van der Waals surface area contributed by atoms with Crippen LogP contribution in [0.3, 0.4) is 0 Å². The van der Waals surface area contributed by atoms with E-state index >= 15 is 0 Å². The lowest BCUT2D eigenvalue weighted by Crippen LogP contribution is -2.25. The summed E-state index contributed by atoms with van der Waals surface area (Å²) in [5.41, 5.74) is 5.26. The lowest BCUT2D eigenvalue weighted by molar-refractivity contribution is -0.129. The number of hydrazone groups is 1. The Bertz CT molecular complexity index is 1350. The largest absolute Gasteiger partial charge is 0.465 e. The quantitative estimate of drug-likeness (QED) is 0.122. The lowest BCUT2D eigenvalue weighted by atomic mass is 9.85. The molecule has 1 unspecified atom stereocenters. The van der Waals surface area contributed by atoms with Gasteiger partial charge < -0.3 is 9.15 Å². The molecule has 1 heterocycles. The standard InChI is InChI=1S/C30H24N2O4/c33-28(17-16-25-15-8-18-35-25)36-26-14-7-9-22(19-26)21-31-32-29(34)27-20-30(27,23-10-3-1-4-11-23)24-12-5-2-6-13-24/h1-19,21,27H,20H2,(H,32,34). The zero-order valence-electron chi connectivity index (χ0n) is 19.4. The van der Waals surface area contributed by atoms with Crippen molar-refractivity contribution in [3.05, 3.63) is 132 Å². The minimum absolute atomic E-state index is 0.135. The van der Waals surface area contributed by atoms with Gasteiger partial charge in [0.15, 0.2) is 0 Å². The Morgan fingerprint density at radius 2 is 1.64 bits per heavy atom. The molecule has 4 aromatic rings. The highest BCUT2D eigenvalue weighted by atomic mass is 16.5. The van der Waals surface area contributed by atoms with Gasteiger partial charge in [-0.1, -0.05) is 72.8 Å². The first kappa shape index (κ1) is 23.1. The van der Waals surface area contributed by atoms with Crippen LogP contribution in [-0.2, 0) is 15.0 Å². The Morgan fingerprint density at radius 3 is 2.31 bits per heavy atom. The van der Waals surface area contributed by atoms with Crippen molar-refractivity contribution in [3.8, 4) is 5.75 Å². The molecule has 1 amide bonds. The molecule has 5 rings (SSSR count). The monoisotopic (exact) mass is 476 g/mol. The van der Waals surface area contributed by atoms with Crippen LogP contribution >= 0.6 is 0 Å². The fraction of sp³-hybridized carbons (Fsp3) is 0.100. The fourth-order valence-electron chi connectivity index (χ4n) is 4.45. The van der Waals surface area contributed by atoms with Crippen LogP contribution < -0.4 is 10.2 Å². The third kappa shape index (κ3) is 5.03. The van der Waals surface area contributed by atoms with E-state index in [9.17, 15) is 9.59 Å². The minimum Gasteiger partial charge on any atom is -0.465 e. The van der Waals surface area contributed by atoms with Crippen molar-refractivity contribution in [2.75, 3.05) is 0 Å². The van der Waals surface area contributed by atoms with E-state index in [0.717, 1.165) is 17.5 Å². The predicted molar refractivity (Wildman–Crippen MR) is 137 cm³/mol. The third-order valence-corrected chi connectivity index (χ3v) is 6.25. The number of nitrogens with one attached hydrogen (secondary N) is 1. The van der Waals surface area contributed by atoms with Gasteiger partial charge in [0.25, 0.3) is 0 Å². The number of hydrogen-bond donors (Lipinski definition) is 1. The van der Waals surface area contributed by atoms with Gasteiger partial charge in [-0.25, -0.2) is 10.2 Å². The number of nitrogens with zero attached hydrogens (tertiary/aromatic N) is 1. The number of esters is 1. The second-order valence-electron chi connectivity index (χ2n) is 8.54. The third-order valence-electron chi connectivity index (χ3n) is 6.25. The van der Waals surface area contributed by atoms with Crippen LogP contribution in [0.4, 0.5) is 0 Å². The summed E-state index contributed by atoms with van der Waals surface area (Å²) in [6.45, 7) is 0. The van der Waals surface area contributed by atoms with E-state index in [1.54, 1.807) is 36.4 Å². The Labute approximate surface area is 208 Å². The first-order chi connectivity index (χ1) is 17.6. The molecule has 1 saturated carbocycles. The van der Waals surface area contributed by atoms with Crippen LogP contribution in [0.5, 0.6) is 5.75 Å². The number of amides is 1. The van der Waals surface area contributed by atoms with Crippen molar-refractivity contribution < 1.29 is 18.7 Å². The number of carbonyl (C=O) groups excluding carboxylic acids is 2. The molecule has 1 aromatic heterocycles. The number of carbonyl (C=O) groups is 2. The van der Waals surface area contributed by atoms with E-state index in [1.807, 2.05) is 36.4 Å². The lowest BCUT2D eigenvalue weighted by Gasteiger charge is -2.18. The van der Waals surface area contributed by atoms with E-state index in [-0.39, 0.29) is 17.2 Å². The first-order valence-corrected chi connectivity index (χ1v) is 11.6. The number of hydrogen-bond acceptors (Lipinski definition) is 5. The van der Waals surface area contributed by atoms with Crippen molar-refractivity contribution in [2.24, 2.45) is 11.0 Å². The Hall–Kier alpha value is -4.71. The molecule has 0 radical (unpaired) electrons. The SMILES string of the molecule is O=C(C=Cc1ccco1)Oc1cccc(C=NNC(=O)C2CC2(c2ccccc2)c2ccccc2)c1. The second-order valence-corrected chi connectivity index (χ2v) is 8.54. The van der Waals surface area contributed by atoms with E-state index in [2.05, 4.69) is 34.8 Å². The van der Waals surface area contributed by atoms with Crippen LogP contribution in [0.15, 0.2) is 119 Å². The van der Waals surface area contributed by atoms with Gasteiger partial charge in [0.1, 0.15) is 11.5 Å². The maximum Gasteiger partial charge on any atom is 0.336 e. The average Bonchev–Trinajstić information content (AvgIpc) is 3.47. The molecule has 6 nitrogen and oxygen atoms in total. The van der Waals surface area contributed by atoms with Gasteiger partial charge in [0.2, 0.25) is 5.91 Å². The van der Waals surface area contributed by atoms with Gasteiger partial charge in [0.05, 0.1) is 18.4 Å². The first-order valence-electron chi connectivity index (χ1n) is 11.6. The molecule has 1 aliphatic carbocycles. The Kier molecular flexibility index (Phi) is 6.58. The molecule has 0 saturated heterocycles. The molecular formula is C30H24N2O4. The Morgan fingerprint density at radius 1 is 0.917 bits per heavy atom. The summed E-state index contributed by atoms with van der Waals surface area (Å²) in [6, 6.07) is 30.6. The van der Waals surface area contributed by atoms with Gasteiger partial charge in [-0.15, -0.1) is 0 Å². The van der Waals surface area contributed by atoms with Crippen LogP contribution in [0, 0.1) is 5.92 Å². The summed E-state index contributed by atoms with van der Waals surface area (Å²) in [6.07, 6.45) is 6.61. The Balaban J connectivity index is 1.23. The van der Waals surface area contributed by atoms with Crippen molar-refractivity contribution in [1.29, 1.82) is 0 Å². The maximum atomic E-state index is 13.0. The van der Waals surface area contributed by atoms with Gasteiger partial charge in [-0.3, -0.25) is 4.79 Å². The molecule has 1 fully saturated rings. The van der Waals surface area contributed by atoms with Crippen LogP contribution in [-0.4, -0.2) is 18.1 Å². The second kappa shape index (κ2) is 10.3. The summed E-state index contributed by atoms with van der Waals surface area (Å²) in [4.78, 5) is 25.1. The van der Waals surface area contributed by atoms with Crippen molar-refractivity contribution in [1.82, 2.24) is 5.43 Å². The molecule has 1 N–H and O–H groups in total. The minimum atomic E-state index is -0.527. The summed E-state index contributed by atoms with van der Waals surface area (Å²) < 4.78 is 10.5. The van der Waals surface area contributed by atoms with Crippen LogP contribution in [0.25, 0.3) is 6.08 Å². The number of furan rings is 1. The average molecular weight is 477 g/mol. The van der Waals surface area contributed by atoms with E-state index < -0.39 is 5.97 Å². The fourth-order valence-corrected chi connectivity index (χ4v) is 4.45. The van der Waals surface area contributed by atoms with Crippen molar-refractivity contribution >= 4 is 24.2 Å². The van der Waals surface area contributed by atoms with Crippen LogP contribution in [0.1, 0.15) is 28.9 Å². The van der Waals surface area contributed by atoms with E-state index in [4.69, 9.17) is 9.15 Å². The van der Waals surface area contributed by atoms with Gasteiger partial charge in [-0.05, 0) is 53.5 Å². The predicted octanol–water partition coefficient (Wildman–Crippen LogP) is 5.35. The van der Waals surface area contributed by atoms with Crippen LogP contribution in [0.2, 0.25) is 0 Å². The summed E-state index contributed by atoms with van der Waals surface area (Å²) in [7, 11) is 0. The molecule has 1 atom stereocenters. The summed E-state index contributed by atoms with van der Waals surface area (Å²) in [5, 5.41) is 4.15. The molecule has 1 aliphatic rings. The van der Waals surface area contributed by atoms with Gasteiger partial charge in [-0.2, -0.15) is 5.10 Å². The maximum absolute atomic E-state index is 13.0. The van der Waals surface area contributed by atoms with Gasteiger partial charge >= 0.3 is 5.97 Å². The summed E-state index contributed by atoms with van der Waals surface area (Å²) >= 11 is 0.